The Labute approximate surface area is 448 Å². The Hall–Kier alpha value is -2.30. The summed E-state index contributed by atoms with van der Waals surface area (Å²) in [4.78, 5) is 25.1. The van der Waals surface area contributed by atoms with Crippen molar-refractivity contribution in [2.45, 2.75) is 205 Å². The molecule has 448 valence electrons. The summed E-state index contributed by atoms with van der Waals surface area (Å²) in [6, 6.07) is -4.18. The van der Waals surface area contributed by atoms with Crippen molar-refractivity contribution in [1.29, 1.82) is 0 Å². The summed E-state index contributed by atoms with van der Waals surface area (Å²) in [6.07, 6.45) is -15.8. The predicted octanol–water partition coefficient (Wildman–Crippen LogP) is -7.13. The lowest BCUT2D eigenvalue weighted by molar-refractivity contribution is -0.306. The van der Waals surface area contributed by atoms with Gasteiger partial charge in [0, 0.05) is 41.9 Å². The van der Waals surface area contributed by atoms with Crippen LogP contribution in [0.15, 0.2) is 23.8 Å². The predicted molar refractivity (Wildman–Crippen MR) is 261 cm³/mol. The number of rotatable bonds is 11. The van der Waals surface area contributed by atoms with Crippen molar-refractivity contribution in [3.05, 3.63) is 23.8 Å². The van der Waals surface area contributed by atoms with Crippen molar-refractivity contribution < 1.29 is 115 Å². The highest BCUT2D eigenvalue weighted by molar-refractivity contribution is 7.79. The van der Waals surface area contributed by atoms with Gasteiger partial charge in [-0.1, -0.05) is 18.6 Å². The second-order valence-corrected chi connectivity index (χ2v) is 23.5. The highest BCUT2D eigenvalue weighted by atomic mass is 32.3. The summed E-state index contributed by atoms with van der Waals surface area (Å²) in [5, 5.41) is 94.2. The summed E-state index contributed by atoms with van der Waals surface area (Å²) in [6.45, 7) is 5.45. The molecule has 4 saturated heterocycles. The number of alkyl halides is 1. The van der Waals surface area contributed by atoms with Crippen molar-refractivity contribution in [3.8, 4) is 0 Å². The second-order valence-electron chi connectivity index (χ2n) is 22.6. The third-order valence-corrected chi connectivity index (χ3v) is 17.6. The largest absolute Gasteiger partial charge is 0.394 e. The van der Waals surface area contributed by atoms with Gasteiger partial charge in [-0.3, -0.25) is 18.7 Å². The Morgan fingerprint density at radius 3 is 1.78 bits per heavy atom. The van der Waals surface area contributed by atoms with E-state index >= 15 is 4.39 Å². The molecule has 0 aromatic rings. The third-order valence-electron chi connectivity index (χ3n) is 17.6. The highest BCUT2D eigenvalue weighted by Gasteiger charge is 2.80. The molecule has 4 saturated carbocycles. The van der Waals surface area contributed by atoms with Crippen LogP contribution >= 0.6 is 0 Å². The maximum absolute atomic E-state index is 17.1. The molecule has 31 heteroatoms. The molecular formula is C47H79FN6O23S. The standard InChI is InChI=1S/C24H31FO6.C23H46N6O13.H2O4S/c1-20(2)30-19-10-16-15-6-5-13-9-14(27)7-8-21(13,3)23(15,25)17(28)11-22(16,4)24(19,31-20)18(29)12-26;24-2-7-13(32)15(34)10(28)21(37-7)40-18-6(27)1-5(26)12(31)20(18)42-23-17(36)19(9(4-30)39-23)41-22-11(29)16(35)14(33)8(3-25)38-22;1-5(2,3)4/h7-9,15-17,19,26,28H,5-6,10-12H2,1-4H3;5-23,30-36H,1-4,24-29H2;(H2,1,2,3,4)/t15-,16-,17-,19+,21-,22-,23-,24+;5-,6+,7-,8+,9-,10-,11-,12+,13-,14-,15-,16-,17-,18-,19-,20-,21-,22?,23+;/m01./s1. The Bertz CT molecular complexity index is 2320. The number of hydrogen-bond donors (Lipinski definition) is 17. The smallest absolute Gasteiger partial charge is 0.394 e. The number of hydrogen-bond acceptors (Lipinski definition) is 27. The molecule has 4 aliphatic heterocycles. The normalized spacial score (nSPS) is 50.4. The van der Waals surface area contributed by atoms with E-state index in [2.05, 4.69) is 0 Å². The molecule has 9 rings (SSSR count). The number of fused-ring (bicyclic) bond motifs is 7. The Balaban J connectivity index is 0.000000215. The first-order chi connectivity index (χ1) is 36.2. The summed E-state index contributed by atoms with van der Waals surface area (Å²) < 4.78 is 95.7. The number of allylic oxidation sites excluding steroid dienone is 4. The second kappa shape index (κ2) is 23.4. The lowest BCUT2D eigenvalue weighted by Gasteiger charge is -2.62. The number of aliphatic hydroxyl groups excluding tert-OH is 9. The first-order valence-corrected chi connectivity index (χ1v) is 27.2. The van der Waals surface area contributed by atoms with Crippen molar-refractivity contribution >= 4 is 22.0 Å². The fourth-order valence-corrected chi connectivity index (χ4v) is 13.7. The molecule has 1 unspecified atom stereocenters. The van der Waals surface area contributed by atoms with E-state index in [1.165, 1.54) is 12.2 Å². The van der Waals surface area contributed by atoms with Gasteiger partial charge in [-0.2, -0.15) is 8.42 Å². The number of ether oxygens (including phenoxy) is 8. The van der Waals surface area contributed by atoms with Gasteiger partial charge < -0.3 is 118 Å². The molecule has 0 aromatic heterocycles. The minimum atomic E-state index is -4.67. The van der Waals surface area contributed by atoms with Gasteiger partial charge in [0.1, 0.15) is 73.8 Å². The van der Waals surface area contributed by atoms with E-state index < -0.39 is 192 Å². The van der Waals surface area contributed by atoms with Crippen LogP contribution < -0.4 is 34.4 Å². The van der Waals surface area contributed by atoms with Crippen LogP contribution in [0.2, 0.25) is 0 Å². The maximum Gasteiger partial charge on any atom is 0.394 e. The molecule has 23 N–H and O–H groups in total. The molecule has 0 bridgehead atoms. The van der Waals surface area contributed by atoms with Crippen LogP contribution in [0.5, 0.6) is 0 Å². The van der Waals surface area contributed by atoms with Crippen molar-refractivity contribution in [3.63, 3.8) is 0 Å². The van der Waals surface area contributed by atoms with Crippen molar-refractivity contribution in [2.75, 3.05) is 26.3 Å². The molecule has 0 radical (unpaired) electrons. The summed E-state index contributed by atoms with van der Waals surface area (Å²) in [7, 11) is -4.67. The average molecular weight is 1150 g/mol. The zero-order valence-electron chi connectivity index (χ0n) is 43.4. The van der Waals surface area contributed by atoms with Gasteiger partial charge in [0.2, 0.25) is 0 Å². The van der Waals surface area contributed by atoms with Crippen LogP contribution in [0.1, 0.15) is 59.8 Å². The van der Waals surface area contributed by atoms with Crippen LogP contribution in [-0.4, -0.2) is 247 Å². The molecule has 0 amide bonds. The Morgan fingerprint density at radius 2 is 1.26 bits per heavy atom. The first-order valence-electron chi connectivity index (χ1n) is 25.8. The van der Waals surface area contributed by atoms with Crippen LogP contribution in [0.3, 0.4) is 0 Å². The van der Waals surface area contributed by atoms with Gasteiger partial charge in [-0.25, -0.2) is 4.39 Å². The summed E-state index contributed by atoms with van der Waals surface area (Å²) in [5.74, 6) is -2.46. The van der Waals surface area contributed by atoms with Gasteiger partial charge in [0.05, 0.1) is 37.0 Å². The molecule has 9 aliphatic rings. The number of carbonyl (C=O) groups is 2. The van der Waals surface area contributed by atoms with E-state index in [9.17, 15) is 55.5 Å². The minimum absolute atomic E-state index is 0.0109. The van der Waals surface area contributed by atoms with Gasteiger partial charge >= 0.3 is 10.4 Å². The topological polar surface area (TPSA) is 521 Å². The lowest BCUT2D eigenvalue weighted by Crippen LogP contribution is -2.70. The zero-order valence-corrected chi connectivity index (χ0v) is 44.3. The molecule has 4 heterocycles. The maximum atomic E-state index is 17.1. The first kappa shape index (κ1) is 63.3. The van der Waals surface area contributed by atoms with Gasteiger partial charge in [0.15, 0.2) is 47.5 Å². The molecule has 0 aromatic carbocycles. The molecular weight excluding hydrogens is 1070 g/mol. The minimum Gasteiger partial charge on any atom is -0.394 e. The molecule has 27 atom stereocenters. The number of aliphatic hydroxyl groups is 9. The van der Waals surface area contributed by atoms with Crippen molar-refractivity contribution in [1.82, 2.24) is 0 Å². The fourth-order valence-electron chi connectivity index (χ4n) is 13.7. The van der Waals surface area contributed by atoms with E-state index in [4.69, 9.17) is 89.8 Å². The average Bonchev–Trinajstić information content (AvgIpc) is 3.92. The zero-order chi connectivity index (χ0) is 58.2. The monoisotopic (exact) mass is 1150 g/mol. The molecule has 5 aliphatic carbocycles. The SMILES string of the molecule is CC1(C)O[C@@H]2C[C@H]3[C@@H]4CCC5=CC(=O)C=C[C@]5(C)[C@@]4(F)[C@@H](O)C[C@]3(C)[C@]2(C(=O)CO)O1.NC[C@@H]1OC(O[C@H]2[C@@H](O)[C@H](O[C@@H]3[C@@H](O)[C@H](N)C[C@H](N)[C@H]3O[C@H]3O[C@H](CN)[C@@H](O)[C@H](O)[C@H]3N)O[C@@H]2CO)[C@H](N)[C@@H](O)[C@@H]1O.O=S(=O)(O)O. The van der Waals surface area contributed by atoms with Crippen molar-refractivity contribution in [2.24, 2.45) is 57.1 Å². The number of carbonyl (C=O) groups excluding carboxylic acids is 2. The number of Topliss-reactive ketones (excluding diaryl/α,β-unsaturated/α-hetero) is 1. The molecule has 8 fully saturated rings. The highest BCUT2D eigenvalue weighted by Crippen LogP contribution is 2.72. The molecule has 29 nitrogen and oxygen atoms in total. The van der Waals surface area contributed by atoms with Gasteiger partial charge in [0.25, 0.3) is 0 Å². The van der Waals surface area contributed by atoms with Gasteiger partial charge in [-0.05, 0) is 70.9 Å². The van der Waals surface area contributed by atoms with E-state index in [1.54, 1.807) is 26.8 Å². The molecule has 0 spiro atoms. The summed E-state index contributed by atoms with van der Waals surface area (Å²) in [5.41, 5.74) is 31.0. The van der Waals surface area contributed by atoms with E-state index in [0.717, 1.165) is 5.57 Å². The lowest BCUT2D eigenvalue weighted by atomic mass is 9.44. The van der Waals surface area contributed by atoms with E-state index in [1.807, 2.05) is 6.92 Å². The Kier molecular flexibility index (Phi) is 19.0. The number of halogens is 1. The Morgan fingerprint density at radius 1 is 0.731 bits per heavy atom. The summed E-state index contributed by atoms with van der Waals surface area (Å²) >= 11 is 0. The number of nitrogens with two attached hydrogens (primary N) is 6. The van der Waals surface area contributed by atoms with Gasteiger partial charge in [-0.15, -0.1) is 0 Å². The van der Waals surface area contributed by atoms with E-state index in [0.29, 0.717) is 19.3 Å². The van der Waals surface area contributed by atoms with Crippen LogP contribution in [-0.2, 0) is 57.9 Å². The van der Waals surface area contributed by atoms with Crippen LogP contribution in [0.25, 0.3) is 0 Å². The van der Waals surface area contributed by atoms with E-state index in [-0.39, 0.29) is 37.6 Å². The quantitative estimate of drug-likeness (QED) is 0.0855. The fraction of sp³-hybridized carbons (Fsp3) is 0.872. The molecule has 78 heavy (non-hydrogen) atoms. The van der Waals surface area contributed by atoms with Crippen LogP contribution in [0, 0.1) is 22.7 Å². The number of ketones is 2. The van der Waals surface area contributed by atoms with Crippen LogP contribution in [0.4, 0.5) is 4.39 Å². The third kappa shape index (κ3) is 11.2.